The number of hydrogen-bond acceptors (Lipinski definition) is 3. The van der Waals surface area contributed by atoms with Gasteiger partial charge in [0.1, 0.15) is 0 Å². The zero-order chi connectivity index (χ0) is 14.9. The number of morpholine rings is 1. The topological polar surface area (TPSA) is 79.9 Å². The maximum absolute atomic E-state index is 11.7. The Balaban J connectivity index is 1.66. The minimum Gasteiger partial charge on any atom is -0.378 e. The molecule has 0 atom stereocenters. The third-order valence-electron chi connectivity index (χ3n) is 3.28. The molecule has 1 amide bonds. The van der Waals surface area contributed by atoms with E-state index in [9.17, 15) is 4.79 Å². The molecule has 1 fully saturated rings. The van der Waals surface area contributed by atoms with Crippen molar-refractivity contribution in [2.24, 2.45) is 10.7 Å². The minimum atomic E-state index is -0.0163. The van der Waals surface area contributed by atoms with Gasteiger partial charge in [0.05, 0.1) is 19.8 Å². The number of carbonyl (C=O) groups excluding carboxylic acids is 1. The largest absolute Gasteiger partial charge is 0.378 e. The smallest absolute Gasteiger partial charge is 0.222 e. The fourth-order valence-electron chi connectivity index (χ4n) is 2.05. The maximum Gasteiger partial charge on any atom is 0.222 e. The molecule has 1 aliphatic heterocycles. The van der Waals surface area contributed by atoms with Crippen molar-refractivity contribution in [3.8, 4) is 0 Å². The molecule has 0 aliphatic carbocycles. The third kappa shape index (κ3) is 5.43. The maximum atomic E-state index is 11.7. The van der Waals surface area contributed by atoms with Crippen molar-refractivity contribution in [3.05, 3.63) is 35.9 Å². The van der Waals surface area contributed by atoms with E-state index in [-0.39, 0.29) is 5.91 Å². The van der Waals surface area contributed by atoms with Gasteiger partial charge in [-0.15, -0.1) is 0 Å². The second-order valence-electron chi connectivity index (χ2n) is 4.85. The van der Waals surface area contributed by atoms with Gasteiger partial charge in [-0.05, 0) is 5.56 Å². The number of nitrogens with zero attached hydrogens (tertiary/aromatic N) is 2. The molecule has 1 aliphatic rings. The van der Waals surface area contributed by atoms with Gasteiger partial charge in [0.15, 0.2) is 5.96 Å². The van der Waals surface area contributed by atoms with E-state index in [0.29, 0.717) is 38.7 Å². The molecule has 6 nitrogen and oxygen atoms in total. The fourth-order valence-corrected chi connectivity index (χ4v) is 2.05. The second-order valence-corrected chi connectivity index (χ2v) is 4.85. The van der Waals surface area contributed by atoms with E-state index < -0.39 is 0 Å². The van der Waals surface area contributed by atoms with Crippen LogP contribution in [-0.2, 0) is 16.1 Å². The first kappa shape index (κ1) is 15.3. The van der Waals surface area contributed by atoms with Crippen LogP contribution >= 0.6 is 0 Å². The molecule has 114 valence electrons. The molecule has 1 aromatic carbocycles. The average molecular weight is 290 g/mol. The first-order chi connectivity index (χ1) is 10.3. The predicted octanol–water partition coefficient (Wildman–Crippen LogP) is 0.340. The Morgan fingerprint density at radius 1 is 1.29 bits per heavy atom. The van der Waals surface area contributed by atoms with Crippen LogP contribution in [0.3, 0.4) is 0 Å². The monoisotopic (exact) mass is 290 g/mol. The Labute approximate surface area is 125 Å². The average Bonchev–Trinajstić information content (AvgIpc) is 2.54. The number of hydrogen-bond donors (Lipinski definition) is 2. The Morgan fingerprint density at radius 2 is 2.00 bits per heavy atom. The number of benzene rings is 1. The summed E-state index contributed by atoms with van der Waals surface area (Å²) in [5.41, 5.74) is 6.97. The van der Waals surface area contributed by atoms with Crippen LogP contribution in [0.1, 0.15) is 12.0 Å². The van der Waals surface area contributed by atoms with Crippen LogP contribution in [0.15, 0.2) is 35.3 Å². The van der Waals surface area contributed by atoms with Gasteiger partial charge < -0.3 is 20.7 Å². The van der Waals surface area contributed by atoms with Crippen LogP contribution in [0, 0.1) is 0 Å². The number of aliphatic imine (C=N–C) groups is 1. The van der Waals surface area contributed by atoms with Crippen LogP contribution in [0.4, 0.5) is 0 Å². The second kappa shape index (κ2) is 8.26. The molecular formula is C15H22N4O2. The van der Waals surface area contributed by atoms with Gasteiger partial charge in [-0.3, -0.25) is 9.79 Å². The summed E-state index contributed by atoms with van der Waals surface area (Å²) in [4.78, 5) is 17.9. The molecule has 1 aromatic rings. The highest BCUT2D eigenvalue weighted by Gasteiger charge is 2.12. The van der Waals surface area contributed by atoms with Crippen LogP contribution in [0.25, 0.3) is 0 Å². The van der Waals surface area contributed by atoms with E-state index in [4.69, 9.17) is 10.5 Å². The van der Waals surface area contributed by atoms with E-state index in [2.05, 4.69) is 10.3 Å². The summed E-state index contributed by atoms with van der Waals surface area (Å²) in [7, 11) is 0. The normalized spacial score (nSPS) is 15.8. The number of guanidine groups is 1. The van der Waals surface area contributed by atoms with Crippen molar-refractivity contribution in [3.63, 3.8) is 0 Å². The number of ether oxygens (including phenoxy) is 1. The number of rotatable bonds is 5. The quantitative estimate of drug-likeness (QED) is 0.605. The summed E-state index contributed by atoms with van der Waals surface area (Å²) in [5.74, 6) is 0.478. The molecule has 1 heterocycles. The molecule has 21 heavy (non-hydrogen) atoms. The Kier molecular flexibility index (Phi) is 6.02. The molecule has 3 N–H and O–H groups in total. The summed E-state index contributed by atoms with van der Waals surface area (Å²) in [6, 6.07) is 9.82. The summed E-state index contributed by atoms with van der Waals surface area (Å²) in [6.45, 7) is 3.82. The SMILES string of the molecule is NC(=NCCC(=O)NCc1ccccc1)N1CCOCC1. The lowest BCUT2D eigenvalue weighted by Gasteiger charge is -2.27. The zero-order valence-electron chi connectivity index (χ0n) is 12.1. The van der Waals surface area contributed by atoms with Crippen molar-refractivity contribution in [1.29, 1.82) is 0 Å². The minimum absolute atomic E-state index is 0.0163. The molecular weight excluding hydrogens is 268 g/mol. The van der Waals surface area contributed by atoms with Crippen molar-refractivity contribution < 1.29 is 9.53 Å². The fraction of sp³-hybridized carbons (Fsp3) is 0.467. The van der Waals surface area contributed by atoms with Crippen molar-refractivity contribution in [2.45, 2.75) is 13.0 Å². The number of nitrogens with one attached hydrogen (secondary N) is 1. The van der Waals surface area contributed by atoms with E-state index in [1.807, 2.05) is 35.2 Å². The lowest BCUT2D eigenvalue weighted by molar-refractivity contribution is -0.121. The summed E-state index contributed by atoms with van der Waals surface area (Å²) >= 11 is 0. The summed E-state index contributed by atoms with van der Waals surface area (Å²) in [6.07, 6.45) is 0.345. The van der Waals surface area contributed by atoms with Crippen LogP contribution in [0.5, 0.6) is 0 Å². The van der Waals surface area contributed by atoms with Crippen molar-refractivity contribution in [2.75, 3.05) is 32.8 Å². The molecule has 6 heteroatoms. The summed E-state index contributed by atoms with van der Waals surface area (Å²) in [5, 5.41) is 2.87. The van der Waals surface area contributed by atoms with Gasteiger partial charge in [-0.1, -0.05) is 30.3 Å². The van der Waals surface area contributed by atoms with Crippen LogP contribution in [0.2, 0.25) is 0 Å². The standard InChI is InChI=1S/C15H22N4O2/c16-15(19-8-10-21-11-9-19)17-7-6-14(20)18-12-13-4-2-1-3-5-13/h1-5H,6-12H2,(H2,16,17)(H,18,20). The van der Waals surface area contributed by atoms with Gasteiger partial charge in [0, 0.05) is 26.1 Å². The van der Waals surface area contributed by atoms with E-state index in [0.717, 1.165) is 18.7 Å². The van der Waals surface area contributed by atoms with E-state index in [1.165, 1.54) is 0 Å². The van der Waals surface area contributed by atoms with Gasteiger partial charge in [-0.25, -0.2) is 0 Å². The van der Waals surface area contributed by atoms with Gasteiger partial charge in [0.25, 0.3) is 0 Å². The Hall–Kier alpha value is -2.08. The molecule has 0 aromatic heterocycles. The molecule has 1 saturated heterocycles. The highest BCUT2D eigenvalue weighted by molar-refractivity contribution is 5.79. The molecule has 0 bridgehead atoms. The first-order valence-corrected chi connectivity index (χ1v) is 7.19. The zero-order valence-corrected chi connectivity index (χ0v) is 12.1. The van der Waals surface area contributed by atoms with Crippen LogP contribution in [-0.4, -0.2) is 49.6 Å². The van der Waals surface area contributed by atoms with Gasteiger partial charge >= 0.3 is 0 Å². The lowest BCUT2D eigenvalue weighted by Crippen LogP contribution is -2.44. The lowest BCUT2D eigenvalue weighted by atomic mass is 10.2. The summed E-state index contributed by atoms with van der Waals surface area (Å²) < 4.78 is 5.25. The molecule has 2 rings (SSSR count). The van der Waals surface area contributed by atoms with Crippen molar-refractivity contribution >= 4 is 11.9 Å². The molecule has 0 radical (unpaired) electrons. The molecule has 0 unspecified atom stereocenters. The van der Waals surface area contributed by atoms with E-state index >= 15 is 0 Å². The molecule has 0 saturated carbocycles. The Morgan fingerprint density at radius 3 is 2.71 bits per heavy atom. The Bertz CT molecular complexity index is 470. The van der Waals surface area contributed by atoms with Gasteiger partial charge in [-0.2, -0.15) is 0 Å². The number of amides is 1. The highest BCUT2D eigenvalue weighted by atomic mass is 16.5. The first-order valence-electron chi connectivity index (χ1n) is 7.19. The predicted molar refractivity (Wildman–Crippen MR) is 81.8 cm³/mol. The van der Waals surface area contributed by atoms with E-state index in [1.54, 1.807) is 0 Å². The van der Waals surface area contributed by atoms with Crippen LogP contribution < -0.4 is 11.1 Å². The number of nitrogens with two attached hydrogens (primary N) is 1. The third-order valence-corrected chi connectivity index (χ3v) is 3.28. The number of carbonyl (C=O) groups is 1. The van der Waals surface area contributed by atoms with Crippen molar-refractivity contribution in [1.82, 2.24) is 10.2 Å². The van der Waals surface area contributed by atoms with Gasteiger partial charge in [0.2, 0.25) is 5.91 Å². The highest BCUT2D eigenvalue weighted by Crippen LogP contribution is 1.98. The molecule has 0 spiro atoms.